The largest absolute Gasteiger partial charge is 0.481 e. The van der Waals surface area contributed by atoms with E-state index in [1.807, 2.05) is 12.1 Å². The molecule has 0 spiro atoms. The molecule has 0 aliphatic rings. The van der Waals surface area contributed by atoms with E-state index in [-0.39, 0.29) is 18.4 Å². The number of hydrogen-bond acceptors (Lipinski definition) is 3. The molecule has 0 fully saturated rings. The summed E-state index contributed by atoms with van der Waals surface area (Å²) in [6.45, 7) is 4.33. The molecule has 1 aromatic rings. The number of hydrogen-bond donors (Lipinski definition) is 1. The Morgan fingerprint density at radius 2 is 2.07 bits per heavy atom. The molecule has 0 amide bonds. The summed E-state index contributed by atoms with van der Waals surface area (Å²) < 4.78 is 4.98. The zero-order valence-corrected chi connectivity index (χ0v) is 10.3. The third kappa shape index (κ3) is 4.49. The van der Waals surface area contributed by atoms with Crippen LogP contribution in [0.1, 0.15) is 31.9 Å². The summed E-state index contributed by atoms with van der Waals surface area (Å²) in [4.78, 5) is 4.12. The van der Waals surface area contributed by atoms with E-state index in [2.05, 4.69) is 18.8 Å². The number of nitrogens with zero attached hydrogens (tertiary/aromatic N) is 1. The van der Waals surface area contributed by atoms with Gasteiger partial charge in [0.25, 0.3) is 0 Å². The van der Waals surface area contributed by atoms with Crippen LogP contribution in [-0.4, -0.2) is 12.1 Å². The number of halogens is 1. The van der Waals surface area contributed by atoms with Gasteiger partial charge in [0.15, 0.2) is 0 Å². The van der Waals surface area contributed by atoms with Crippen molar-refractivity contribution in [1.82, 2.24) is 4.98 Å². The van der Waals surface area contributed by atoms with Gasteiger partial charge in [0.05, 0.1) is 7.11 Å². The molecule has 1 aromatic heterocycles. The van der Waals surface area contributed by atoms with Crippen LogP contribution in [0.3, 0.4) is 0 Å². The lowest BCUT2D eigenvalue weighted by Gasteiger charge is -2.13. The van der Waals surface area contributed by atoms with E-state index >= 15 is 0 Å². The van der Waals surface area contributed by atoms with Crippen LogP contribution in [0, 0.1) is 5.92 Å². The minimum Gasteiger partial charge on any atom is -0.481 e. The Bertz CT molecular complexity index is 274. The Balaban J connectivity index is 0.00000196. The first-order valence-corrected chi connectivity index (χ1v) is 4.89. The molecule has 3 nitrogen and oxygen atoms in total. The van der Waals surface area contributed by atoms with Crippen molar-refractivity contribution in [3.05, 3.63) is 23.9 Å². The second kappa shape index (κ2) is 6.64. The number of methoxy groups -OCH3 is 1. The molecule has 0 aromatic carbocycles. The van der Waals surface area contributed by atoms with E-state index < -0.39 is 0 Å². The van der Waals surface area contributed by atoms with Crippen molar-refractivity contribution in [3.63, 3.8) is 0 Å². The average Bonchev–Trinajstić information content (AvgIpc) is 2.17. The van der Waals surface area contributed by atoms with Gasteiger partial charge in [-0.1, -0.05) is 19.9 Å². The zero-order valence-electron chi connectivity index (χ0n) is 9.43. The summed E-state index contributed by atoms with van der Waals surface area (Å²) in [5.74, 6) is 1.23. The first-order chi connectivity index (χ1) is 6.63. The third-order valence-electron chi connectivity index (χ3n) is 2.12. The zero-order chi connectivity index (χ0) is 10.6. The Labute approximate surface area is 97.4 Å². The number of aromatic nitrogens is 1. The normalized spacial score (nSPS) is 12.1. The lowest BCUT2D eigenvalue weighted by molar-refractivity contribution is 0.397. The van der Waals surface area contributed by atoms with Crippen LogP contribution in [-0.2, 0) is 0 Å². The molecular formula is C11H19ClN2O. The fourth-order valence-corrected chi connectivity index (χ4v) is 1.38. The minimum absolute atomic E-state index is 0. The number of rotatable bonds is 4. The van der Waals surface area contributed by atoms with Crippen LogP contribution >= 0.6 is 12.4 Å². The quantitative estimate of drug-likeness (QED) is 0.865. The van der Waals surface area contributed by atoms with Gasteiger partial charge in [0, 0.05) is 18.3 Å². The highest BCUT2D eigenvalue weighted by Crippen LogP contribution is 2.19. The molecule has 0 saturated heterocycles. The van der Waals surface area contributed by atoms with Crippen molar-refractivity contribution in [3.8, 4) is 5.88 Å². The van der Waals surface area contributed by atoms with Crippen LogP contribution in [0.25, 0.3) is 0 Å². The fraction of sp³-hybridized carbons (Fsp3) is 0.545. The first kappa shape index (κ1) is 14.2. The molecule has 1 rings (SSSR count). The van der Waals surface area contributed by atoms with Gasteiger partial charge in [-0.05, 0) is 17.9 Å². The van der Waals surface area contributed by atoms with Gasteiger partial charge in [-0.2, -0.15) is 0 Å². The van der Waals surface area contributed by atoms with Crippen molar-refractivity contribution in [2.75, 3.05) is 7.11 Å². The number of nitrogens with two attached hydrogens (primary N) is 1. The topological polar surface area (TPSA) is 48.1 Å². The maximum atomic E-state index is 6.01. The van der Waals surface area contributed by atoms with Crippen molar-refractivity contribution < 1.29 is 4.74 Å². The molecule has 1 atom stereocenters. The predicted octanol–water partition coefficient (Wildman–Crippen LogP) is 2.56. The Kier molecular flexibility index (Phi) is 6.29. The Morgan fingerprint density at radius 3 is 2.47 bits per heavy atom. The second-order valence-electron chi connectivity index (χ2n) is 3.87. The lowest BCUT2D eigenvalue weighted by Crippen LogP contribution is -2.13. The van der Waals surface area contributed by atoms with Crippen LogP contribution in [0.5, 0.6) is 5.88 Å². The van der Waals surface area contributed by atoms with E-state index in [1.54, 1.807) is 13.3 Å². The molecule has 86 valence electrons. The second-order valence-corrected chi connectivity index (χ2v) is 3.87. The predicted molar refractivity (Wildman–Crippen MR) is 64.4 cm³/mol. The highest BCUT2D eigenvalue weighted by Gasteiger charge is 2.08. The molecule has 0 aliphatic heterocycles. The number of ether oxygens (including phenoxy) is 1. The van der Waals surface area contributed by atoms with Crippen LogP contribution in [0.15, 0.2) is 18.3 Å². The van der Waals surface area contributed by atoms with E-state index in [9.17, 15) is 0 Å². The molecule has 4 heteroatoms. The highest BCUT2D eigenvalue weighted by atomic mass is 35.5. The minimum atomic E-state index is 0. The van der Waals surface area contributed by atoms with Gasteiger partial charge >= 0.3 is 0 Å². The molecule has 2 N–H and O–H groups in total. The first-order valence-electron chi connectivity index (χ1n) is 4.89. The molecular weight excluding hydrogens is 212 g/mol. The maximum absolute atomic E-state index is 6.01. The number of pyridine rings is 1. The van der Waals surface area contributed by atoms with Gasteiger partial charge in [0.2, 0.25) is 5.88 Å². The Hall–Kier alpha value is -0.800. The summed E-state index contributed by atoms with van der Waals surface area (Å²) in [5, 5.41) is 0. The van der Waals surface area contributed by atoms with Gasteiger partial charge in [-0.25, -0.2) is 4.98 Å². The molecule has 1 heterocycles. The van der Waals surface area contributed by atoms with E-state index in [4.69, 9.17) is 10.5 Å². The molecule has 0 aliphatic carbocycles. The third-order valence-corrected chi connectivity index (χ3v) is 2.12. The Morgan fingerprint density at radius 1 is 1.40 bits per heavy atom. The molecule has 0 unspecified atom stereocenters. The SMILES string of the molecule is COc1ccc([C@H](N)CC(C)C)cn1.Cl. The molecule has 15 heavy (non-hydrogen) atoms. The van der Waals surface area contributed by atoms with Gasteiger partial charge in [0.1, 0.15) is 0 Å². The smallest absolute Gasteiger partial charge is 0.212 e. The summed E-state index contributed by atoms with van der Waals surface area (Å²) in [5.41, 5.74) is 7.08. The van der Waals surface area contributed by atoms with Crippen LogP contribution < -0.4 is 10.5 Å². The lowest BCUT2D eigenvalue weighted by atomic mass is 9.99. The monoisotopic (exact) mass is 230 g/mol. The van der Waals surface area contributed by atoms with Crippen molar-refractivity contribution in [2.24, 2.45) is 11.7 Å². The van der Waals surface area contributed by atoms with Crippen LogP contribution in [0.4, 0.5) is 0 Å². The fourth-order valence-electron chi connectivity index (χ4n) is 1.38. The van der Waals surface area contributed by atoms with Gasteiger partial charge in [-0.3, -0.25) is 0 Å². The van der Waals surface area contributed by atoms with Crippen molar-refractivity contribution in [1.29, 1.82) is 0 Å². The average molecular weight is 231 g/mol. The molecule has 0 radical (unpaired) electrons. The van der Waals surface area contributed by atoms with Gasteiger partial charge in [-0.15, -0.1) is 12.4 Å². The van der Waals surface area contributed by atoms with E-state index in [0.29, 0.717) is 11.8 Å². The summed E-state index contributed by atoms with van der Waals surface area (Å²) in [6.07, 6.45) is 2.76. The van der Waals surface area contributed by atoms with Gasteiger partial charge < -0.3 is 10.5 Å². The van der Waals surface area contributed by atoms with Crippen molar-refractivity contribution in [2.45, 2.75) is 26.3 Å². The van der Waals surface area contributed by atoms with Crippen molar-refractivity contribution >= 4 is 12.4 Å². The summed E-state index contributed by atoms with van der Waals surface area (Å²) in [6, 6.07) is 3.89. The highest BCUT2D eigenvalue weighted by molar-refractivity contribution is 5.85. The van der Waals surface area contributed by atoms with E-state index in [0.717, 1.165) is 12.0 Å². The molecule has 0 saturated carbocycles. The summed E-state index contributed by atoms with van der Waals surface area (Å²) >= 11 is 0. The summed E-state index contributed by atoms with van der Waals surface area (Å²) in [7, 11) is 1.61. The van der Waals surface area contributed by atoms with E-state index in [1.165, 1.54) is 0 Å². The standard InChI is InChI=1S/C11H18N2O.ClH/c1-8(2)6-10(12)9-4-5-11(14-3)13-7-9;/h4-5,7-8,10H,6,12H2,1-3H3;1H/t10-;/m1./s1. The van der Waals surface area contributed by atoms with Crippen LogP contribution in [0.2, 0.25) is 0 Å². The maximum Gasteiger partial charge on any atom is 0.212 e. The molecule has 0 bridgehead atoms.